The highest BCUT2D eigenvalue weighted by Crippen LogP contribution is 2.25. The number of aromatic nitrogens is 1. The Morgan fingerprint density at radius 1 is 1.67 bits per heavy atom. The Morgan fingerprint density at radius 2 is 2.33 bits per heavy atom. The highest BCUT2D eigenvalue weighted by atomic mass is 35.5. The van der Waals surface area contributed by atoms with Crippen LogP contribution in [-0.2, 0) is 16.0 Å². The molecule has 0 aliphatic rings. The fourth-order valence-electron chi connectivity index (χ4n) is 1.29. The van der Waals surface area contributed by atoms with Crippen LogP contribution in [0.4, 0.5) is 8.78 Å². The van der Waals surface area contributed by atoms with Crippen LogP contribution in [0, 0.1) is 11.3 Å². The molecule has 0 N–H and O–H groups in total. The number of nitrogens with zero attached hydrogens (tertiary/aromatic N) is 2. The first-order chi connectivity index (χ1) is 8.49. The molecule has 0 radical (unpaired) electrons. The number of nitriles is 1. The first kappa shape index (κ1) is 14.3. The molecule has 0 spiro atoms. The largest absolute Gasteiger partial charge is 0.466 e. The average molecular weight is 275 g/mol. The molecule has 18 heavy (non-hydrogen) atoms. The van der Waals surface area contributed by atoms with Crippen LogP contribution in [0.1, 0.15) is 30.3 Å². The van der Waals surface area contributed by atoms with E-state index in [1.807, 2.05) is 0 Å². The maximum absolute atomic E-state index is 12.5. The summed E-state index contributed by atoms with van der Waals surface area (Å²) in [4.78, 5) is 14.7. The summed E-state index contributed by atoms with van der Waals surface area (Å²) in [6, 6.07) is 2.59. The van der Waals surface area contributed by atoms with E-state index in [0.29, 0.717) is 0 Å². The Bertz CT molecular complexity index is 501. The molecule has 0 saturated carbocycles. The Kier molecular flexibility index (Phi) is 4.98. The van der Waals surface area contributed by atoms with Crippen molar-refractivity contribution in [2.75, 3.05) is 6.61 Å². The lowest BCUT2D eigenvalue weighted by atomic mass is 10.1. The van der Waals surface area contributed by atoms with Crippen molar-refractivity contribution in [3.63, 3.8) is 0 Å². The van der Waals surface area contributed by atoms with Gasteiger partial charge in [-0.3, -0.25) is 4.79 Å². The summed E-state index contributed by atoms with van der Waals surface area (Å²) >= 11 is 5.77. The molecule has 1 aromatic heterocycles. The first-order valence-corrected chi connectivity index (χ1v) is 5.40. The van der Waals surface area contributed by atoms with E-state index in [9.17, 15) is 13.6 Å². The zero-order chi connectivity index (χ0) is 13.7. The molecule has 0 amide bonds. The lowest BCUT2D eigenvalue weighted by molar-refractivity contribution is -0.142. The second kappa shape index (κ2) is 6.26. The first-order valence-electron chi connectivity index (χ1n) is 5.02. The predicted octanol–water partition coefficient (Wildman–Crippen LogP) is 2.65. The Balaban J connectivity index is 3.12. The SMILES string of the molecule is CCOC(=O)Cc1c(Cl)cc(C(F)F)nc1C#N. The van der Waals surface area contributed by atoms with Crippen molar-refractivity contribution >= 4 is 17.6 Å². The van der Waals surface area contributed by atoms with Crippen molar-refractivity contribution in [2.45, 2.75) is 19.8 Å². The zero-order valence-electron chi connectivity index (χ0n) is 9.41. The molecule has 0 saturated heterocycles. The van der Waals surface area contributed by atoms with Crippen LogP contribution in [0.2, 0.25) is 5.02 Å². The minimum Gasteiger partial charge on any atom is -0.466 e. The number of ether oxygens (including phenoxy) is 1. The summed E-state index contributed by atoms with van der Waals surface area (Å²) < 4.78 is 29.6. The van der Waals surface area contributed by atoms with Crippen molar-refractivity contribution in [3.8, 4) is 6.07 Å². The van der Waals surface area contributed by atoms with Gasteiger partial charge in [-0.2, -0.15) is 5.26 Å². The maximum atomic E-state index is 12.5. The van der Waals surface area contributed by atoms with E-state index in [1.165, 1.54) is 0 Å². The van der Waals surface area contributed by atoms with E-state index in [0.717, 1.165) is 6.07 Å². The van der Waals surface area contributed by atoms with Crippen LogP contribution < -0.4 is 0 Å². The van der Waals surface area contributed by atoms with Crippen LogP contribution in [-0.4, -0.2) is 17.6 Å². The summed E-state index contributed by atoms with van der Waals surface area (Å²) in [5.41, 5.74) is -0.781. The summed E-state index contributed by atoms with van der Waals surface area (Å²) in [5.74, 6) is -0.595. The summed E-state index contributed by atoms with van der Waals surface area (Å²) in [5, 5.41) is 8.73. The third-order valence-electron chi connectivity index (χ3n) is 2.05. The van der Waals surface area contributed by atoms with Gasteiger partial charge in [0.1, 0.15) is 17.5 Å². The number of hydrogen-bond donors (Lipinski definition) is 0. The Labute approximate surface area is 107 Å². The monoisotopic (exact) mass is 274 g/mol. The molecule has 0 unspecified atom stereocenters. The van der Waals surface area contributed by atoms with Gasteiger partial charge in [0.05, 0.1) is 13.0 Å². The van der Waals surface area contributed by atoms with Crippen molar-refractivity contribution < 1.29 is 18.3 Å². The van der Waals surface area contributed by atoms with E-state index in [2.05, 4.69) is 4.98 Å². The summed E-state index contributed by atoms with van der Waals surface area (Å²) in [6.07, 6.45) is -3.10. The van der Waals surface area contributed by atoms with E-state index >= 15 is 0 Å². The normalized spacial score (nSPS) is 10.2. The third-order valence-corrected chi connectivity index (χ3v) is 2.38. The van der Waals surface area contributed by atoms with Crippen molar-refractivity contribution in [3.05, 3.63) is 28.0 Å². The molecule has 0 atom stereocenters. The average Bonchev–Trinajstić information content (AvgIpc) is 2.31. The predicted molar refractivity (Wildman–Crippen MR) is 59.3 cm³/mol. The molecule has 0 aromatic carbocycles. The molecule has 1 rings (SSSR count). The number of hydrogen-bond acceptors (Lipinski definition) is 4. The van der Waals surface area contributed by atoms with Crippen LogP contribution in [0.5, 0.6) is 0 Å². The zero-order valence-corrected chi connectivity index (χ0v) is 10.2. The van der Waals surface area contributed by atoms with E-state index < -0.39 is 18.1 Å². The second-order valence-electron chi connectivity index (χ2n) is 3.25. The molecule has 0 fully saturated rings. The van der Waals surface area contributed by atoms with Crippen molar-refractivity contribution in [1.29, 1.82) is 5.26 Å². The lowest BCUT2D eigenvalue weighted by Gasteiger charge is -2.08. The number of carbonyl (C=O) groups excluding carboxylic acids is 1. The van der Waals surface area contributed by atoms with Crippen LogP contribution >= 0.6 is 11.6 Å². The molecule has 1 aromatic rings. The number of carbonyl (C=O) groups is 1. The van der Waals surface area contributed by atoms with Crippen molar-refractivity contribution in [1.82, 2.24) is 4.98 Å². The molecule has 4 nitrogen and oxygen atoms in total. The topological polar surface area (TPSA) is 63.0 Å². The smallest absolute Gasteiger partial charge is 0.310 e. The molecule has 7 heteroatoms. The molecule has 0 bridgehead atoms. The summed E-state index contributed by atoms with van der Waals surface area (Å²) in [6.45, 7) is 1.81. The van der Waals surface area contributed by atoms with Crippen LogP contribution in [0.3, 0.4) is 0 Å². The van der Waals surface area contributed by atoms with Gasteiger partial charge in [-0.15, -0.1) is 0 Å². The van der Waals surface area contributed by atoms with Gasteiger partial charge in [0.15, 0.2) is 0 Å². The molecule has 0 aliphatic carbocycles. The van der Waals surface area contributed by atoms with Gasteiger partial charge in [-0.25, -0.2) is 13.8 Å². The second-order valence-corrected chi connectivity index (χ2v) is 3.66. The van der Waals surface area contributed by atoms with Gasteiger partial charge < -0.3 is 4.74 Å². The van der Waals surface area contributed by atoms with E-state index in [1.54, 1.807) is 13.0 Å². The van der Waals surface area contributed by atoms with E-state index in [-0.39, 0.29) is 29.3 Å². The lowest BCUT2D eigenvalue weighted by Crippen LogP contribution is -2.11. The number of pyridine rings is 1. The van der Waals surface area contributed by atoms with Gasteiger partial charge >= 0.3 is 5.97 Å². The Hall–Kier alpha value is -1.74. The molecular formula is C11H9ClF2N2O2. The number of halogens is 3. The minimum atomic E-state index is -2.83. The molecular weight excluding hydrogens is 266 g/mol. The quantitative estimate of drug-likeness (QED) is 0.792. The molecule has 96 valence electrons. The third kappa shape index (κ3) is 3.37. The standard InChI is InChI=1S/C11H9ClF2N2O2/c1-2-18-10(17)3-6-7(12)4-8(11(13)14)16-9(6)5-15/h4,11H,2-3H2,1H3. The van der Waals surface area contributed by atoms with Gasteiger partial charge in [0.2, 0.25) is 0 Å². The van der Waals surface area contributed by atoms with Crippen LogP contribution in [0.15, 0.2) is 6.07 Å². The maximum Gasteiger partial charge on any atom is 0.310 e. The highest BCUT2D eigenvalue weighted by molar-refractivity contribution is 6.31. The molecule has 1 heterocycles. The minimum absolute atomic E-state index is 0.0927. The number of alkyl halides is 2. The van der Waals surface area contributed by atoms with Gasteiger partial charge in [-0.1, -0.05) is 11.6 Å². The van der Waals surface area contributed by atoms with Crippen LogP contribution in [0.25, 0.3) is 0 Å². The fourth-order valence-corrected chi connectivity index (χ4v) is 1.56. The van der Waals surface area contributed by atoms with Gasteiger partial charge in [-0.05, 0) is 13.0 Å². The van der Waals surface area contributed by atoms with Crippen molar-refractivity contribution in [2.24, 2.45) is 0 Å². The highest BCUT2D eigenvalue weighted by Gasteiger charge is 2.19. The number of esters is 1. The Morgan fingerprint density at radius 3 is 2.83 bits per heavy atom. The van der Waals surface area contributed by atoms with Gasteiger partial charge in [0.25, 0.3) is 6.43 Å². The number of rotatable bonds is 4. The van der Waals surface area contributed by atoms with E-state index in [4.69, 9.17) is 21.6 Å². The summed E-state index contributed by atoms with van der Waals surface area (Å²) in [7, 11) is 0. The van der Waals surface area contributed by atoms with Gasteiger partial charge in [0, 0.05) is 10.6 Å². The molecule has 0 aliphatic heterocycles. The fraction of sp³-hybridized carbons (Fsp3) is 0.364.